The zero-order valence-electron chi connectivity index (χ0n) is 13.1. The Hall–Kier alpha value is -1.98. The molecule has 0 unspecified atom stereocenters. The van der Waals surface area contributed by atoms with Crippen molar-refractivity contribution in [3.63, 3.8) is 0 Å². The molecule has 0 saturated heterocycles. The lowest BCUT2D eigenvalue weighted by Gasteiger charge is -2.07. The molecule has 24 heavy (non-hydrogen) atoms. The minimum absolute atomic E-state index is 0.00415. The van der Waals surface area contributed by atoms with Crippen LogP contribution in [0.2, 0.25) is 0 Å². The van der Waals surface area contributed by atoms with E-state index in [9.17, 15) is 9.59 Å². The number of imidazole rings is 1. The molecule has 11 heteroatoms. The van der Waals surface area contributed by atoms with Gasteiger partial charge in [0, 0.05) is 25.7 Å². The van der Waals surface area contributed by atoms with Crippen molar-refractivity contribution in [3.05, 3.63) is 23.0 Å². The molecule has 0 bridgehead atoms. The number of amides is 2. The fourth-order valence-electron chi connectivity index (χ4n) is 1.90. The molecule has 0 saturated carbocycles. The number of carbonyl (C=O) groups is 2. The molecule has 0 aliphatic heterocycles. The summed E-state index contributed by atoms with van der Waals surface area (Å²) >= 11 is 4.00. The molecule has 0 fully saturated rings. The summed E-state index contributed by atoms with van der Waals surface area (Å²) in [7, 11) is 3.40. The maximum Gasteiger partial charge on any atom is 0.276 e. The van der Waals surface area contributed by atoms with Gasteiger partial charge in [0.2, 0.25) is 11.0 Å². The van der Waals surface area contributed by atoms with E-state index >= 15 is 0 Å². The van der Waals surface area contributed by atoms with Gasteiger partial charge in [-0.1, -0.05) is 23.1 Å². The monoisotopic (exact) mass is 382 g/mol. The first-order valence-electron chi connectivity index (χ1n) is 6.85. The van der Waals surface area contributed by atoms with Crippen molar-refractivity contribution in [2.45, 2.75) is 11.3 Å². The smallest absolute Gasteiger partial charge is 0.276 e. The maximum atomic E-state index is 12.5. The average Bonchev–Trinajstić information content (AvgIpc) is 3.20. The molecule has 3 aromatic heterocycles. The number of hydrogen-bond donors (Lipinski definition) is 1. The molecule has 8 nitrogen and oxygen atoms in total. The summed E-state index contributed by atoms with van der Waals surface area (Å²) < 4.78 is 2.38. The Balaban J connectivity index is 1.68. The fourth-order valence-corrected chi connectivity index (χ4v) is 4.38. The van der Waals surface area contributed by atoms with Gasteiger partial charge in [0.1, 0.15) is 5.69 Å². The molecule has 0 aromatic carbocycles. The van der Waals surface area contributed by atoms with E-state index in [4.69, 9.17) is 0 Å². The predicted molar refractivity (Wildman–Crippen MR) is 95.1 cm³/mol. The molecule has 126 valence electrons. The number of fused-ring (bicyclic) bond motifs is 1. The Morgan fingerprint density at radius 1 is 1.38 bits per heavy atom. The zero-order valence-corrected chi connectivity index (χ0v) is 15.6. The molecule has 3 rings (SSSR count). The number of aromatic nitrogens is 4. The molecule has 0 radical (unpaired) electrons. The van der Waals surface area contributed by atoms with Crippen LogP contribution < -0.4 is 5.32 Å². The molecule has 0 atom stereocenters. The Bertz CT molecular complexity index is 897. The van der Waals surface area contributed by atoms with Crippen LogP contribution in [0.15, 0.2) is 15.9 Å². The number of nitrogens with one attached hydrogen (secondary N) is 1. The van der Waals surface area contributed by atoms with Crippen LogP contribution >= 0.6 is 34.4 Å². The highest BCUT2D eigenvalue weighted by Gasteiger charge is 2.19. The lowest BCUT2D eigenvalue weighted by atomic mass is 10.3. The van der Waals surface area contributed by atoms with Crippen molar-refractivity contribution in [1.29, 1.82) is 0 Å². The van der Waals surface area contributed by atoms with E-state index < -0.39 is 0 Å². The topological polar surface area (TPSA) is 92.5 Å². The second kappa shape index (κ2) is 6.87. The van der Waals surface area contributed by atoms with Gasteiger partial charge in [-0.05, 0) is 6.92 Å². The second-order valence-corrected chi connectivity index (χ2v) is 8.08. The summed E-state index contributed by atoms with van der Waals surface area (Å²) in [5.41, 5.74) is 1.15. The number of carbonyl (C=O) groups excluding carboxylic acids is 2. The molecule has 0 aliphatic carbocycles. The van der Waals surface area contributed by atoms with Crippen LogP contribution in [0.1, 0.15) is 16.2 Å². The summed E-state index contributed by atoms with van der Waals surface area (Å²) in [5, 5.41) is 12.9. The molecule has 0 spiro atoms. The van der Waals surface area contributed by atoms with Gasteiger partial charge in [-0.2, -0.15) is 0 Å². The third-order valence-corrected chi connectivity index (χ3v) is 5.81. The van der Waals surface area contributed by atoms with Crippen molar-refractivity contribution in [2.24, 2.45) is 0 Å². The van der Waals surface area contributed by atoms with Gasteiger partial charge < -0.3 is 4.90 Å². The highest BCUT2D eigenvalue weighted by molar-refractivity contribution is 8.01. The van der Waals surface area contributed by atoms with Crippen molar-refractivity contribution >= 4 is 56.3 Å². The van der Waals surface area contributed by atoms with Gasteiger partial charge in [0.05, 0.1) is 11.4 Å². The number of hydrogen-bond acceptors (Lipinski definition) is 8. The minimum Gasteiger partial charge on any atom is -0.348 e. The third kappa shape index (κ3) is 3.42. The van der Waals surface area contributed by atoms with E-state index in [0.29, 0.717) is 20.9 Å². The number of rotatable bonds is 5. The van der Waals surface area contributed by atoms with Gasteiger partial charge in [0.25, 0.3) is 5.91 Å². The Morgan fingerprint density at radius 3 is 2.92 bits per heavy atom. The highest BCUT2D eigenvalue weighted by atomic mass is 32.2. The standard InChI is InChI=1S/C13H14N6O2S3/c1-7-9(19-4-5-22-12(19)14-7)10(21)15-11-16-17-13(24-11)23-6-8(20)18(2)3/h4-5H,6H2,1-3H3,(H,15,16,21). The van der Waals surface area contributed by atoms with Gasteiger partial charge in [-0.25, -0.2) is 4.98 Å². The summed E-state index contributed by atoms with van der Waals surface area (Å²) in [6.45, 7) is 1.79. The Morgan fingerprint density at radius 2 is 2.17 bits per heavy atom. The second-order valence-electron chi connectivity index (χ2n) is 5.01. The maximum absolute atomic E-state index is 12.5. The summed E-state index contributed by atoms with van der Waals surface area (Å²) in [4.78, 5) is 30.7. The molecule has 2 amide bonds. The molecule has 3 heterocycles. The van der Waals surface area contributed by atoms with Crippen LogP contribution in [0.3, 0.4) is 0 Å². The Kier molecular flexibility index (Phi) is 4.83. The van der Waals surface area contributed by atoms with E-state index in [0.717, 1.165) is 4.96 Å². The lowest BCUT2D eigenvalue weighted by Crippen LogP contribution is -2.23. The predicted octanol–water partition coefficient (Wildman–Crippen LogP) is 1.99. The number of thiazole rings is 1. The van der Waals surface area contributed by atoms with Crippen LogP contribution in [0.25, 0.3) is 4.96 Å². The zero-order chi connectivity index (χ0) is 17.3. The number of aryl methyl sites for hydroxylation is 1. The van der Waals surface area contributed by atoms with E-state index in [2.05, 4.69) is 20.5 Å². The van der Waals surface area contributed by atoms with Gasteiger partial charge >= 0.3 is 0 Å². The van der Waals surface area contributed by atoms with Crippen LogP contribution in [0.5, 0.6) is 0 Å². The summed E-state index contributed by atoms with van der Waals surface area (Å²) in [5.74, 6) is -0.00156. The van der Waals surface area contributed by atoms with Gasteiger partial charge in [-0.3, -0.25) is 19.3 Å². The summed E-state index contributed by atoms with van der Waals surface area (Å²) in [6, 6.07) is 0. The van der Waals surface area contributed by atoms with E-state index in [1.807, 2.05) is 11.6 Å². The first-order valence-corrected chi connectivity index (χ1v) is 9.54. The Labute approximate surface area is 149 Å². The number of nitrogens with zero attached hydrogens (tertiary/aromatic N) is 5. The van der Waals surface area contributed by atoms with E-state index in [1.54, 1.807) is 25.4 Å². The highest BCUT2D eigenvalue weighted by Crippen LogP contribution is 2.26. The SMILES string of the molecule is Cc1nc2sccn2c1C(=O)Nc1nnc(SCC(=O)N(C)C)s1. The van der Waals surface area contributed by atoms with Crippen molar-refractivity contribution in [2.75, 3.05) is 25.2 Å². The number of thioether (sulfide) groups is 1. The molecule has 1 N–H and O–H groups in total. The van der Waals surface area contributed by atoms with Gasteiger partial charge in [-0.15, -0.1) is 21.5 Å². The van der Waals surface area contributed by atoms with Crippen LogP contribution in [-0.4, -0.2) is 56.1 Å². The third-order valence-electron chi connectivity index (χ3n) is 3.10. The number of anilines is 1. The fraction of sp³-hybridized carbons (Fsp3) is 0.308. The first-order chi connectivity index (χ1) is 11.5. The van der Waals surface area contributed by atoms with Crippen LogP contribution in [0, 0.1) is 6.92 Å². The van der Waals surface area contributed by atoms with Crippen LogP contribution in [-0.2, 0) is 4.79 Å². The lowest BCUT2D eigenvalue weighted by molar-refractivity contribution is -0.125. The van der Waals surface area contributed by atoms with Crippen molar-refractivity contribution in [3.8, 4) is 0 Å². The van der Waals surface area contributed by atoms with Crippen molar-refractivity contribution < 1.29 is 9.59 Å². The molecule has 0 aliphatic rings. The quantitative estimate of drug-likeness (QED) is 0.536. The van der Waals surface area contributed by atoms with Crippen LogP contribution in [0.4, 0.5) is 5.13 Å². The molecular weight excluding hydrogens is 368 g/mol. The molecule has 3 aromatic rings. The van der Waals surface area contributed by atoms with Gasteiger partial charge in [0.15, 0.2) is 9.30 Å². The van der Waals surface area contributed by atoms with E-state index in [1.165, 1.54) is 39.3 Å². The minimum atomic E-state index is -0.282. The molecular formula is C13H14N6O2S3. The van der Waals surface area contributed by atoms with Crippen molar-refractivity contribution in [1.82, 2.24) is 24.5 Å². The largest absolute Gasteiger partial charge is 0.348 e. The average molecular weight is 382 g/mol. The summed E-state index contributed by atoms with van der Waals surface area (Å²) in [6.07, 6.45) is 1.81. The normalized spacial score (nSPS) is 11.0. The first kappa shape index (κ1) is 16.9. The van der Waals surface area contributed by atoms with E-state index in [-0.39, 0.29) is 17.6 Å².